The van der Waals surface area contributed by atoms with Gasteiger partial charge in [-0.25, -0.2) is 0 Å². The van der Waals surface area contributed by atoms with Crippen LogP contribution in [0.4, 0.5) is 13.2 Å². The molecule has 0 fully saturated rings. The van der Waals surface area contributed by atoms with Crippen LogP contribution in [0.25, 0.3) is 0 Å². The van der Waals surface area contributed by atoms with E-state index in [-0.39, 0.29) is 10.9 Å². The van der Waals surface area contributed by atoms with Gasteiger partial charge in [0.1, 0.15) is 0 Å². The molecule has 0 bridgehead atoms. The summed E-state index contributed by atoms with van der Waals surface area (Å²) in [5.74, 6) is 0. The number of aryl methyl sites for hydroxylation is 2. The van der Waals surface area contributed by atoms with E-state index in [1.54, 1.807) is 13.0 Å². The van der Waals surface area contributed by atoms with E-state index >= 15 is 0 Å². The van der Waals surface area contributed by atoms with Crippen molar-refractivity contribution in [1.82, 2.24) is 0 Å². The van der Waals surface area contributed by atoms with Crippen LogP contribution in [-0.4, -0.2) is 0 Å². The lowest BCUT2D eigenvalue weighted by Gasteiger charge is -2.16. The Balaban J connectivity index is 3.46. The van der Waals surface area contributed by atoms with Gasteiger partial charge in [0.2, 0.25) is 0 Å². The zero-order chi connectivity index (χ0) is 10.9. The van der Waals surface area contributed by atoms with E-state index in [2.05, 4.69) is 15.9 Å². The van der Waals surface area contributed by atoms with Gasteiger partial charge in [0.15, 0.2) is 0 Å². The SMILES string of the molecule is Cc1ccc(C)c(C(F)(F)F)c1CBr. The second-order valence-corrected chi connectivity index (χ2v) is 3.75. The van der Waals surface area contributed by atoms with Gasteiger partial charge in [-0.3, -0.25) is 0 Å². The molecule has 0 radical (unpaired) electrons. The zero-order valence-electron chi connectivity index (χ0n) is 7.87. The van der Waals surface area contributed by atoms with Crippen LogP contribution in [-0.2, 0) is 11.5 Å². The van der Waals surface area contributed by atoms with Gasteiger partial charge in [0, 0.05) is 5.33 Å². The second kappa shape index (κ2) is 3.93. The van der Waals surface area contributed by atoms with Gasteiger partial charge in [-0.15, -0.1) is 0 Å². The quantitative estimate of drug-likeness (QED) is 0.668. The molecule has 0 saturated carbocycles. The third kappa shape index (κ3) is 2.11. The molecule has 0 aliphatic carbocycles. The van der Waals surface area contributed by atoms with Crippen LogP contribution in [0, 0.1) is 13.8 Å². The number of rotatable bonds is 1. The molecule has 0 saturated heterocycles. The molecule has 0 heterocycles. The van der Waals surface area contributed by atoms with Crippen molar-refractivity contribution in [3.05, 3.63) is 34.4 Å². The van der Waals surface area contributed by atoms with Crippen molar-refractivity contribution in [3.63, 3.8) is 0 Å². The summed E-state index contributed by atoms with van der Waals surface area (Å²) < 4.78 is 38.0. The summed E-state index contributed by atoms with van der Waals surface area (Å²) >= 11 is 3.09. The largest absolute Gasteiger partial charge is 0.416 e. The lowest BCUT2D eigenvalue weighted by molar-refractivity contribution is -0.138. The van der Waals surface area contributed by atoms with Crippen molar-refractivity contribution in [2.24, 2.45) is 0 Å². The summed E-state index contributed by atoms with van der Waals surface area (Å²) in [6, 6.07) is 3.21. The average Bonchev–Trinajstić information content (AvgIpc) is 2.06. The maximum atomic E-state index is 12.7. The van der Waals surface area contributed by atoms with Crippen LogP contribution in [0.2, 0.25) is 0 Å². The first-order chi connectivity index (χ1) is 6.38. The Morgan fingerprint density at radius 1 is 1.14 bits per heavy atom. The molecule has 1 aromatic rings. The number of benzene rings is 1. The van der Waals surface area contributed by atoms with Crippen LogP contribution in [0.15, 0.2) is 12.1 Å². The van der Waals surface area contributed by atoms with Crippen molar-refractivity contribution in [1.29, 1.82) is 0 Å². The lowest BCUT2D eigenvalue weighted by Crippen LogP contribution is -2.12. The number of halogens is 4. The maximum absolute atomic E-state index is 12.7. The molecule has 0 aliphatic heterocycles. The van der Waals surface area contributed by atoms with Crippen LogP contribution in [0.1, 0.15) is 22.3 Å². The highest BCUT2D eigenvalue weighted by molar-refractivity contribution is 9.08. The van der Waals surface area contributed by atoms with Gasteiger partial charge in [-0.2, -0.15) is 13.2 Å². The predicted molar refractivity (Wildman–Crippen MR) is 53.5 cm³/mol. The summed E-state index contributed by atoms with van der Waals surface area (Å²) in [6.07, 6.45) is -4.26. The fourth-order valence-electron chi connectivity index (χ4n) is 1.44. The topological polar surface area (TPSA) is 0 Å². The molecule has 1 rings (SSSR count). The van der Waals surface area contributed by atoms with Crippen LogP contribution in [0.5, 0.6) is 0 Å². The summed E-state index contributed by atoms with van der Waals surface area (Å²) in [6.45, 7) is 3.17. The molecule has 1 aromatic carbocycles. The minimum Gasteiger partial charge on any atom is -0.166 e. The molecule has 0 amide bonds. The Labute approximate surface area is 89.3 Å². The van der Waals surface area contributed by atoms with Crippen molar-refractivity contribution < 1.29 is 13.2 Å². The van der Waals surface area contributed by atoms with Crippen molar-refractivity contribution in [3.8, 4) is 0 Å². The molecule has 0 nitrogen and oxygen atoms in total. The highest BCUT2D eigenvalue weighted by atomic mass is 79.9. The monoisotopic (exact) mass is 266 g/mol. The van der Waals surface area contributed by atoms with Gasteiger partial charge in [0.05, 0.1) is 5.56 Å². The van der Waals surface area contributed by atoms with E-state index in [0.717, 1.165) is 0 Å². The third-order valence-corrected chi connectivity index (χ3v) is 2.73. The van der Waals surface area contributed by atoms with Gasteiger partial charge in [-0.05, 0) is 30.5 Å². The third-order valence-electron chi connectivity index (χ3n) is 2.17. The van der Waals surface area contributed by atoms with Gasteiger partial charge < -0.3 is 0 Å². The normalized spacial score (nSPS) is 11.9. The molecule has 0 atom stereocenters. The maximum Gasteiger partial charge on any atom is 0.416 e. The Morgan fingerprint density at radius 3 is 2.00 bits per heavy atom. The van der Waals surface area contributed by atoms with Crippen molar-refractivity contribution >= 4 is 15.9 Å². The van der Waals surface area contributed by atoms with Crippen molar-refractivity contribution in [2.45, 2.75) is 25.4 Å². The molecule has 0 spiro atoms. The number of alkyl halides is 4. The summed E-state index contributed by atoms with van der Waals surface area (Å²) in [4.78, 5) is 0. The first-order valence-corrected chi connectivity index (χ1v) is 5.22. The molecule has 14 heavy (non-hydrogen) atoms. The van der Waals surface area contributed by atoms with E-state index in [4.69, 9.17) is 0 Å². The molecule has 0 N–H and O–H groups in total. The molecular weight excluding hydrogens is 257 g/mol. The Kier molecular flexibility index (Phi) is 3.24. The summed E-state index contributed by atoms with van der Waals surface area (Å²) in [5.41, 5.74) is 0.768. The molecule has 78 valence electrons. The van der Waals surface area contributed by atoms with E-state index < -0.39 is 11.7 Å². The minimum atomic E-state index is -4.26. The Morgan fingerprint density at radius 2 is 1.64 bits per heavy atom. The highest BCUT2D eigenvalue weighted by Crippen LogP contribution is 2.36. The highest BCUT2D eigenvalue weighted by Gasteiger charge is 2.35. The first kappa shape index (κ1) is 11.6. The van der Waals surface area contributed by atoms with Crippen LogP contribution < -0.4 is 0 Å². The molecule has 0 unspecified atom stereocenters. The summed E-state index contributed by atoms with van der Waals surface area (Å²) in [5, 5.41) is 0.232. The van der Waals surface area contributed by atoms with Gasteiger partial charge in [-0.1, -0.05) is 28.1 Å². The van der Waals surface area contributed by atoms with Gasteiger partial charge >= 0.3 is 6.18 Å². The number of hydrogen-bond donors (Lipinski definition) is 0. The Hall–Kier alpha value is -0.510. The minimum absolute atomic E-state index is 0.232. The number of hydrogen-bond acceptors (Lipinski definition) is 0. The van der Waals surface area contributed by atoms with E-state index in [1.165, 1.54) is 13.0 Å². The van der Waals surface area contributed by atoms with Gasteiger partial charge in [0.25, 0.3) is 0 Å². The summed E-state index contributed by atoms with van der Waals surface area (Å²) in [7, 11) is 0. The molecule has 0 aromatic heterocycles. The van der Waals surface area contributed by atoms with E-state index in [0.29, 0.717) is 11.1 Å². The lowest BCUT2D eigenvalue weighted by atomic mass is 9.98. The fraction of sp³-hybridized carbons (Fsp3) is 0.400. The van der Waals surface area contributed by atoms with E-state index in [9.17, 15) is 13.2 Å². The van der Waals surface area contributed by atoms with Crippen LogP contribution >= 0.6 is 15.9 Å². The second-order valence-electron chi connectivity index (χ2n) is 3.18. The fourth-order valence-corrected chi connectivity index (χ4v) is 2.16. The Bertz CT molecular complexity index is 342. The predicted octanol–water partition coefficient (Wildman–Crippen LogP) is 4.22. The van der Waals surface area contributed by atoms with Crippen molar-refractivity contribution in [2.75, 3.05) is 0 Å². The first-order valence-electron chi connectivity index (χ1n) is 4.10. The smallest absolute Gasteiger partial charge is 0.166 e. The van der Waals surface area contributed by atoms with Crippen LogP contribution in [0.3, 0.4) is 0 Å². The zero-order valence-corrected chi connectivity index (χ0v) is 9.46. The molecule has 4 heteroatoms. The molecular formula is C10H10BrF3. The average molecular weight is 267 g/mol. The molecule has 0 aliphatic rings. The standard InChI is InChI=1S/C10H10BrF3/c1-6-3-4-7(2)9(8(6)5-11)10(12,13)14/h3-4H,5H2,1-2H3. The van der Waals surface area contributed by atoms with E-state index in [1.807, 2.05) is 0 Å².